The van der Waals surface area contributed by atoms with Gasteiger partial charge in [-0.1, -0.05) is 18.6 Å². The normalized spacial score (nSPS) is 19.8. The second-order valence-corrected chi connectivity index (χ2v) is 7.01. The van der Waals surface area contributed by atoms with E-state index in [1.54, 1.807) is 4.90 Å². The van der Waals surface area contributed by atoms with Gasteiger partial charge in [0.1, 0.15) is 0 Å². The molecule has 2 amide bonds. The van der Waals surface area contributed by atoms with Crippen molar-refractivity contribution in [3.63, 3.8) is 0 Å². The Morgan fingerprint density at radius 3 is 2.73 bits per heavy atom. The molecule has 1 heterocycles. The highest BCUT2D eigenvalue weighted by Gasteiger charge is 2.42. The third kappa shape index (κ3) is 2.40. The zero-order valence-electron chi connectivity index (χ0n) is 13.6. The Morgan fingerprint density at radius 2 is 2.09 bits per heavy atom. The number of amides is 2. The maximum Gasteiger partial charge on any atom is 0.236 e. The van der Waals surface area contributed by atoms with Crippen molar-refractivity contribution in [2.75, 3.05) is 18.5 Å². The minimum absolute atomic E-state index is 0.137. The van der Waals surface area contributed by atoms with Crippen LogP contribution in [0.4, 0.5) is 5.69 Å². The van der Waals surface area contributed by atoms with Crippen LogP contribution in [0.5, 0.6) is 0 Å². The molecule has 2 aliphatic rings. The number of carbonyl (C=O) groups is 2. The highest BCUT2D eigenvalue weighted by molar-refractivity contribution is 6.07. The number of carbonyl (C=O) groups excluding carboxylic acids is 2. The maximum atomic E-state index is 12.3. The molecule has 22 heavy (non-hydrogen) atoms. The van der Waals surface area contributed by atoms with Gasteiger partial charge in [0.15, 0.2) is 0 Å². The molecule has 1 fully saturated rings. The van der Waals surface area contributed by atoms with Crippen LogP contribution < -0.4 is 10.2 Å². The fourth-order valence-electron chi connectivity index (χ4n) is 3.32. The summed E-state index contributed by atoms with van der Waals surface area (Å²) in [4.78, 5) is 25.8. The molecular weight excluding hydrogens is 276 g/mol. The monoisotopic (exact) mass is 300 g/mol. The van der Waals surface area contributed by atoms with E-state index < -0.39 is 5.41 Å². The van der Waals surface area contributed by atoms with Gasteiger partial charge < -0.3 is 10.2 Å². The van der Waals surface area contributed by atoms with E-state index in [9.17, 15) is 9.59 Å². The van der Waals surface area contributed by atoms with E-state index in [1.807, 2.05) is 27.0 Å². The largest absolute Gasteiger partial charge is 0.356 e. The Hall–Kier alpha value is -1.84. The van der Waals surface area contributed by atoms with Crippen molar-refractivity contribution >= 4 is 17.5 Å². The lowest BCUT2D eigenvalue weighted by atomic mass is 9.84. The Morgan fingerprint density at radius 1 is 1.36 bits per heavy atom. The average Bonchev–Trinajstić information content (AvgIpc) is 2.59. The zero-order chi connectivity index (χ0) is 15.9. The van der Waals surface area contributed by atoms with Gasteiger partial charge in [-0.15, -0.1) is 0 Å². The van der Waals surface area contributed by atoms with E-state index >= 15 is 0 Å². The first-order valence-electron chi connectivity index (χ1n) is 8.10. The van der Waals surface area contributed by atoms with E-state index in [0.29, 0.717) is 6.54 Å². The van der Waals surface area contributed by atoms with Crippen LogP contribution >= 0.6 is 0 Å². The van der Waals surface area contributed by atoms with Crippen LogP contribution in [0.3, 0.4) is 0 Å². The standard InChI is InChI=1S/C18H24N2O2/c1-18(2)14-11-12(7-8-15(14)20(3)17(18)22)9-10-19-16(21)13-5-4-6-13/h7-8,11,13H,4-6,9-10H2,1-3H3,(H,19,21). The van der Waals surface area contributed by atoms with Gasteiger partial charge in [0, 0.05) is 25.2 Å². The molecule has 0 atom stereocenters. The van der Waals surface area contributed by atoms with Crippen LogP contribution in [0.25, 0.3) is 0 Å². The topological polar surface area (TPSA) is 49.4 Å². The van der Waals surface area contributed by atoms with E-state index in [1.165, 1.54) is 12.0 Å². The van der Waals surface area contributed by atoms with Gasteiger partial charge in [-0.25, -0.2) is 0 Å². The number of rotatable bonds is 4. The molecule has 1 N–H and O–H groups in total. The summed E-state index contributed by atoms with van der Waals surface area (Å²) in [6, 6.07) is 6.19. The first-order chi connectivity index (χ1) is 10.4. The Balaban J connectivity index is 1.65. The highest BCUT2D eigenvalue weighted by atomic mass is 16.2. The van der Waals surface area contributed by atoms with Crippen LogP contribution in [0.15, 0.2) is 18.2 Å². The second-order valence-electron chi connectivity index (χ2n) is 7.01. The van der Waals surface area contributed by atoms with Crippen molar-refractivity contribution < 1.29 is 9.59 Å². The minimum atomic E-state index is -0.463. The van der Waals surface area contributed by atoms with Crippen molar-refractivity contribution in [2.45, 2.75) is 44.9 Å². The average molecular weight is 300 g/mol. The molecule has 1 aromatic rings. The molecule has 1 aliphatic heterocycles. The lowest BCUT2D eigenvalue weighted by Gasteiger charge is -2.24. The van der Waals surface area contributed by atoms with Crippen molar-refractivity contribution in [3.05, 3.63) is 29.3 Å². The van der Waals surface area contributed by atoms with E-state index in [2.05, 4.69) is 17.4 Å². The lowest BCUT2D eigenvalue weighted by molar-refractivity contribution is -0.127. The molecule has 0 unspecified atom stereocenters. The van der Waals surface area contributed by atoms with Gasteiger partial charge in [-0.2, -0.15) is 0 Å². The van der Waals surface area contributed by atoms with Crippen LogP contribution in [0.2, 0.25) is 0 Å². The molecule has 0 bridgehead atoms. The number of benzene rings is 1. The molecule has 3 rings (SSSR count). The predicted octanol–water partition coefficient (Wildman–Crippen LogP) is 2.40. The fourth-order valence-corrected chi connectivity index (χ4v) is 3.32. The number of nitrogens with zero attached hydrogens (tertiary/aromatic N) is 1. The van der Waals surface area contributed by atoms with Gasteiger partial charge in [0.25, 0.3) is 0 Å². The first kappa shape index (κ1) is 15.1. The summed E-state index contributed by atoms with van der Waals surface area (Å²) < 4.78 is 0. The Kier molecular flexibility index (Phi) is 3.71. The SMILES string of the molecule is CN1C(=O)C(C)(C)c2cc(CCNC(=O)C3CCC3)ccc21. The summed E-state index contributed by atoms with van der Waals surface area (Å²) >= 11 is 0. The number of hydrogen-bond donors (Lipinski definition) is 1. The van der Waals surface area contributed by atoms with Gasteiger partial charge in [0.05, 0.1) is 5.41 Å². The third-order valence-corrected chi connectivity index (χ3v) is 5.12. The molecule has 1 aromatic carbocycles. The van der Waals surface area contributed by atoms with E-state index in [-0.39, 0.29) is 17.7 Å². The van der Waals surface area contributed by atoms with Gasteiger partial charge >= 0.3 is 0 Å². The zero-order valence-corrected chi connectivity index (χ0v) is 13.6. The number of fused-ring (bicyclic) bond motifs is 1. The predicted molar refractivity (Wildman–Crippen MR) is 86.9 cm³/mol. The van der Waals surface area contributed by atoms with Crippen LogP contribution in [-0.2, 0) is 21.4 Å². The summed E-state index contributed by atoms with van der Waals surface area (Å²) in [6.07, 6.45) is 4.06. The minimum Gasteiger partial charge on any atom is -0.356 e. The highest BCUT2D eigenvalue weighted by Crippen LogP contribution is 2.41. The van der Waals surface area contributed by atoms with Crippen molar-refractivity contribution in [3.8, 4) is 0 Å². The van der Waals surface area contributed by atoms with Crippen molar-refractivity contribution in [1.82, 2.24) is 5.32 Å². The number of anilines is 1. The molecule has 4 nitrogen and oxygen atoms in total. The summed E-state index contributed by atoms with van der Waals surface area (Å²) in [5.74, 6) is 0.575. The Labute approximate surface area is 131 Å². The molecule has 1 saturated carbocycles. The molecule has 0 saturated heterocycles. The first-order valence-corrected chi connectivity index (χ1v) is 8.10. The molecule has 0 spiro atoms. The van der Waals surface area contributed by atoms with E-state index in [4.69, 9.17) is 0 Å². The summed E-state index contributed by atoms with van der Waals surface area (Å²) in [6.45, 7) is 4.61. The molecule has 0 radical (unpaired) electrons. The lowest BCUT2D eigenvalue weighted by Crippen LogP contribution is -2.35. The molecule has 0 aromatic heterocycles. The molecular formula is C18H24N2O2. The van der Waals surface area contributed by atoms with Crippen LogP contribution in [0, 0.1) is 5.92 Å². The summed E-state index contributed by atoms with van der Waals surface area (Å²) in [7, 11) is 1.83. The Bertz CT molecular complexity index is 618. The molecule has 1 aliphatic carbocycles. The number of likely N-dealkylation sites (N-methyl/N-ethyl adjacent to an activating group) is 1. The fraction of sp³-hybridized carbons (Fsp3) is 0.556. The summed E-state index contributed by atoms with van der Waals surface area (Å²) in [5.41, 5.74) is 2.79. The van der Waals surface area contributed by atoms with Crippen LogP contribution in [0.1, 0.15) is 44.2 Å². The van der Waals surface area contributed by atoms with E-state index in [0.717, 1.165) is 30.5 Å². The van der Waals surface area contributed by atoms with Crippen LogP contribution in [-0.4, -0.2) is 25.4 Å². The quantitative estimate of drug-likeness (QED) is 0.928. The summed E-state index contributed by atoms with van der Waals surface area (Å²) in [5, 5.41) is 3.02. The number of hydrogen-bond acceptors (Lipinski definition) is 2. The molecule has 4 heteroatoms. The van der Waals surface area contributed by atoms with Gasteiger partial charge in [-0.05, 0) is 50.3 Å². The maximum absolute atomic E-state index is 12.3. The van der Waals surface area contributed by atoms with Gasteiger partial charge in [-0.3, -0.25) is 9.59 Å². The molecule has 118 valence electrons. The second kappa shape index (κ2) is 5.41. The third-order valence-electron chi connectivity index (χ3n) is 5.12. The van der Waals surface area contributed by atoms with Gasteiger partial charge in [0.2, 0.25) is 11.8 Å². The number of nitrogens with one attached hydrogen (secondary N) is 1. The van der Waals surface area contributed by atoms with Crippen molar-refractivity contribution in [2.24, 2.45) is 5.92 Å². The van der Waals surface area contributed by atoms with Crippen molar-refractivity contribution in [1.29, 1.82) is 0 Å². The smallest absolute Gasteiger partial charge is 0.236 e.